The molecule has 1 saturated heterocycles. The number of carbonyl (C=O) groups excluding carboxylic acids is 2. The van der Waals surface area contributed by atoms with Crippen molar-refractivity contribution in [2.45, 2.75) is 19.8 Å². The molecule has 2 aromatic rings. The fourth-order valence-electron chi connectivity index (χ4n) is 3.30. The Labute approximate surface area is 148 Å². The summed E-state index contributed by atoms with van der Waals surface area (Å²) in [6.45, 7) is 5.96. The molecule has 0 saturated carbocycles. The lowest BCUT2D eigenvalue weighted by Gasteiger charge is -2.35. The minimum Gasteiger partial charge on any atom is -0.497 e. The highest BCUT2D eigenvalue weighted by Gasteiger charge is 2.26. The molecule has 1 fully saturated rings. The second kappa shape index (κ2) is 7.13. The fraction of sp³-hybridized carbons (Fsp3) is 0.400. The van der Waals surface area contributed by atoms with E-state index in [1.807, 2.05) is 42.2 Å². The lowest BCUT2D eigenvalue weighted by atomic mass is 9.96. The topological polar surface area (TPSA) is 49.9 Å². The van der Waals surface area contributed by atoms with E-state index in [4.69, 9.17) is 4.74 Å². The molecule has 2 amide bonds. The van der Waals surface area contributed by atoms with Crippen LogP contribution in [0.3, 0.4) is 0 Å². The second-order valence-electron chi connectivity index (χ2n) is 6.53. The molecule has 0 N–H and O–H groups in total. The molecule has 132 valence electrons. The maximum absolute atomic E-state index is 12.8. The first-order valence-electron chi connectivity index (χ1n) is 8.61. The van der Waals surface area contributed by atoms with Gasteiger partial charge in [-0.05, 0) is 35.4 Å². The van der Waals surface area contributed by atoms with Gasteiger partial charge in [0.1, 0.15) is 5.75 Å². The van der Waals surface area contributed by atoms with Crippen LogP contribution in [0, 0.1) is 0 Å². The summed E-state index contributed by atoms with van der Waals surface area (Å²) in [7, 11) is 1.65. The van der Waals surface area contributed by atoms with Crippen LogP contribution in [0.1, 0.15) is 25.3 Å². The Hall–Kier alpha value is -2.56. The van der Waals surface area contributed by atoms with Gasteiger partial charge in [0.15, 0.2) is 0 Å². The summed E-state index contributed by atoms with van der Waals surface area (Å²) < 4.78 is 5.25. The number of piperazine rings is 1. The molecule has 2 aromatic carbocycles. The summed E-state index contributed by atoms with van der Waals surface area (Å²) in [6.07, 6.45) is 0. The van der Waals surface area contributed by atoms with Gasteiger partial charge in [-0.25, -0.2) is 0 Å². The third kappa shape index (κ3) is 3.60. The Morgan fingerprint density at radius 3 is 2.20 bits per heavy atom. The van der Waals surface area contributed by atoms with Crippen LogP contribution in [0.4, 0.5) is 0 Å². The van der Waals surface area contributed by atoms with Gasteiger partial charge in [0, 0.05) is 33.1 Å². The molecule has 5 heteroatoms. The molecule has 1 aliphatic heterocycles. The van der Waals surface area contributed by atoms with Crippen molar-refractivity contribution >= 4 is 22.6 Å². The summed E-state index contributed by atoms with van der Waals surface area (Å²) in [5.74, 6) is 0.823. The van der Waals surface area contributed by atoms with E-state index in [1.54, 1.807) is 18.9 Å². The third-order valence-electron chi connectivity index (χ3n) is 4.98. The van der Waals surface area contributed by atoms with E-state index in [0.29, 0.717) is 26.2 Å². The van der Waals surface area contributed by atoms with Gasteiger partial charge in [-0.3, -0.25) is 9.59 Å². The molecule has 0 radical (unpaired) electrons. The molecule has 1 aliphatic rings. The highest BCUT2D eigenvalue weighted by atomic mass is 16.5. The van der Waals surface area contributed by atoms with Crippen molar-refractivity contribution in [1.82, 2.24) is 9.80 Å². The SMILES string of the molecule is COc1ccc2cc([C@H](C)C(=O)N3CCN(C(C)=O)CC3)ccc2c1. The van der Waals surface area contributed by atoms with Gasteiger partial charge < -0.3 is 14.5 Å². The Balaban J connectivity index is 1.74. The molecule has 5 nitrogen and oxygen atoms in total. The second-order valence-corrected chi connectivity index (χ2v) is 6.53. The molecule has 0 aliphatic carbocycles. The highest BCUT2D eigenvalue weighted by molar-refractivity contribution is 5.88. The van der Waals surface area contributed by atoms with E-state index in [0.717, 1.165) is 22.1 Å². The van der Waals surface area contributed by atoms with Gasteiger partial charge >= 0.3 is 0 Å². The zero-order valence-corrected chi connectivity index (χ0v) is 15.0. The van der Waals surface area contributed by atoms with Gasteiger partial charge in [-0.15, -0.1) is 0 Å². The van der Waals surface area contributed by atoms with Crippen molar-refractivity contribution in [2.75, 3.05) is 33.3 Å². The smallest absolute Gasteiger partial charge is 0.229 e. The number of amides is 2. The molecular formula is C20H24N2O3. The predicted molar refractivity (Wildman–Crippen MR) is 97.7 cm³/mol. The molecule has 3 rings (SSSR count). The van der Waals surface area contributed by atoms with E-state index in [2.05, 4.69) is 6.07 Å². The van der Waals surface area contributed by atoms with Crippen LogP contribution in [0.2, 0.25) is 0 Å². The molecular weight excluding hydrogens is 316 g/mol. The lowest BCUT2D eigenvalue weighted by molar-refractivity contribution is -0.139. The molecule has 0 bridgehead atoms. The first-order chi connectivity index (χ1) is 12.0. The number of hydrogen-bond acceptors (Lipinski definition) is 3. The normalized spacial score (nSPS) is 16.0. The minimum absolute atomic E-state index is 0.0742. The number of hydrogen-bond donors (Lipinski definition) is 0. The van der Waals surface area contributed by atoms with Crippen LogP contribution in [-0.4, -0.2) is 54.9 Å². The van der Waals surface area contributed by atoms with Crippen LogP contribution in [0.25, 0.3) is 10.8 Å². The lowest BCUT2D eigenvalue weighted by Crippen LogP contribution is -2.50. The zero-order chi connectivity index (χ0) is 18.0. The number of benzene rings is 2. The maximum atomic E-state index is 12.8. The van der Waals surface area contributed by atoms with Crippen LogP contribution in [0.5, 0.6) is 5.75 Å². The van der Waals surface area contributed by atoms with Gasteiger partial charge in [0.05, 0.1) is 13.0 Å². The van der Waals surface area contributed by atoms with Crippen LogP contribution in [-0.2, 0) is 9.59 Å². The van der Waals surface area contributed by atoms with E-state index in [1.165, 1.54) is 0 Å². The first-order valence-corrected chi connectivity index (χ1v) is 8.61. The van der Waals surface area contributed by atoms with Gasteiger partial charge in [-0.2, -0.15) is 0 Å². The highest BCUT2D eigenvalue weighted by Crippen LogP contribution is 2.26. The number of ether oxygens (including phenoxy) is 1. The maximum Gasteiger partial charge on any atom is 0.229 e. The Bertz CT molecular complexity index is 795. The van der Waals surface area contributed by atoms with Crippen molar-refractivity contribution in [1.29, 1.82) is 0 Å². The van der Waals surface area contributed by atoms with Crippen molar-refractivity contribution < 1.29 is 14.3 Å². The van der Waals surface area contributed by atoms with Gasteiger partial charge in [-0.1, -0.05) is 24.3 Å². The molecule has 1 heterocycles. The number of fused-ring (bicyclic) bond motifs is 1. The average molecular weight is 340 g/mol. The number of nitrogens with zero attached hydrogens (tertiary/aromatic N) is 2. The standard InChI is InChI=1S/C20H24N2O3/c1-14(20(24)22-10-8-21(9-11-22)15(2)23)16-4-5-18-13-19(25-3)7-6-17(18)12-16/h4-7,12-14H,8-11H2,1-3H3/t14-/m0/s1. The third-order valence-corrected chi connectivity index (χ3v) is 4.98. The Morgan fingerprint density at radius 2 is 1.56 bits per heavy atom. The van der Waals surface area contributed by atoms with Crippen molar-refractivity contribution in [3.63, 3.8) is 0 Å². The van der Waals surface area contributed by atoms with E-state index in [9.17, 15) is 9.59 Å². The van der Waals surface area contributed by atoms with Crippen LogP contribution < -0.4 is 4.74 Å². The summed E-state index contributed by atoms with van der Waals surface area (Å²) in [5, 5.41) is 2.19. The average Bonchev–Trinajstić information content (AvgIpc) is 2.66. The Morgan fingerprint density at radius 1 is 0.960 bits per heavy atom. The summed E-state index contributed by atoms with van der Waals surface area (Å²) >= 11 is 0. The number of methoxy groups -OCH3 is 1. The summed E-state index contributed by atoms with van der Waals surface area (Å²) in [5.41, 5.74) is 1.01. The molecule has 0 aromatic heterocycles. The van der Waals surface area contributed by atoms with Crippen LogP contribution in [0.15, 0.2) is 36.4 Å². The first kappa shape index (κ1) is 17.3. The predicted octanol–water partition coefficient (Wildman–Crippen LogP) is 2.64. The molecule has 0 spiro atoms. The largest absolute Gasteiger partial charge is 0.497 e. The monoisotopic (exact) mass is 340 g/mol. The molecule has 25 heavy (non-hydrogen) atoms. The van der Waals surface area contributed by atoms with Gasteiger partial charge in [0.2, 0.25) is 11.8 Å². The fourth-order valence-corrected chi connectivity index (χ4v) is 3.30. The van der Waals surface area contributed by atoms with Crippen LogP contribution >= 0.6 is 0 Å². The van der Waals surface area contributed by atoms with E-state index < -0.39 is 0 Å². The number of carbonyl (C=O) groups is 2. The Kier molecular flexibility index (Phi) is 4.93. The summed E-state index contributed by atoms with van der Waals surface area (Å²) in [6, 6.07) is 12.1. The van der Waals surface area contributed by atoms with E-state index in [-0.39, 0.29) is 17.7 Å². The van der Waals surface area contributed by atoms with Crippen molar-refractivity contribution in [3.05, 3.63) is 42.0 Å². The summed E-state index contributed by atoms with van der Waals surface area (Å²) in [4.78, 5) is 27.9. The van der Waals surface area contributed by atoms with E-state index >= 15 is 0 Å². The van der Waals surface area contributed by atoms with Crippen molar-refractivity contribution in [2.24, 2.45) is 0 Å². The van der Waals surface area contributed by atoms with Gasteiger partial charge in [0.25, 0.3) is 0 Å². The number of rotatable bonds is 3. The zero-order valence-electron chi connectivity index (χ0n) is 15.0. The minimum atomic E-state index is -0.199. The van der Waals surface area contributed by atoms with Crippen molar-refractivity contribution in [3.8, 4) is 5.75 Å². The molecule has 0 unspecified atom stereocenters. The molecule has 1 atom stereocenters. The quantitative estimate of drug-likeness (QED) is 0.863.